The maximum absolute atomic E-state index is 12.0. The average molecular weight is 286 g/mol. The van der Waals surface area contributed by atoms with E-state index in [1.807, 2.05) is 13.8 Å². The Bertz CT molecular complexity index is 255. The van der Waals surface area contributed by atoms with Crippen molar-refractivity contribution < 1.29 is 18.2 Å². The van der Waals surface area contributed by atoms with E-state index in [0.717, 1.165) is 25.7 Å². The minimum atomic E-state index is -3.60. The van der Waals surface area contributed by atoms with E-state index >= 15 is 0 Å². The second-order valence-corrected chi connectivity index (χ2v) is 5.61. The van der Waals surface area contributed by atoms with Gasteiger partial charge in [-0.3, -0.25) is 13.7 Å². The van der Waals surface area contributed by atoms with Crippen LogP contribution in [0.3, 0.4) is 0 Å². The Morgan fingerprint density at radius 3 is 2.00 bits per heavy atom. The first-order chi connectivity index (χ1) is 8.04. The third-order valence-electron chi connectivity index (χ3n) is 1.76. The molecule has 0 aromatic rings. The SMILES string of the molecule is CCCCOP(=O)(OCCCC)ON=C(C)Cl. The van der Waals surface area contributed by atoms with Gasteiger partial charge in [-0.05, 0) is 19.8 Å². The van der Waals surface area contributed by atoms with Crippen molar-refractivity contribution in [1.82, 2.24) is 0 Å². The van der Waals surface area contributed by atoms with E-state index in [4.69, 9.17) is 25.3 Å². The second kappa shape index (κ2) is 9.89. The topological polar surface area (TPSA) is 57.1 Å². The van der Waals surface area contributed by atoms with Crippen LogP contribution in [0.15, 0.2) is 5.16 Å². The van der Waals surface area contributed by atoms with Crippen molar-refractivity contribution in [3.05, 3.63) is 0 Å². The molecular weight excluding hydrogens is 265 g/mol. The number of rotatable bonds is 10. The van der Waals surface area contributed by atoms with Crippen molar-refractivity contribution in [3.8, 4) is 0 Å². The first-order valence-corrected chi connectivity index (χ1v) is 7.66. The molecule has 0 aliphatic rings. The van der Waals surface area contributed by atoms with Crippen LogP contribution in [-0.4, -0.2) is 18.4 Å². The van der Waals surface area contributed by atoms with E-state index in [0.29, 0.717) is 13.2 Å². The zero-order valence-electron chi connectivity index (χ0n) is 10.6. The average Bonchev–Trinajstić information content (AvgIpc) is 2.27. The van der Waals surface area contributed by atoms with Crippen molar-refractivity contribution in [2.24, 2.45) is 5.16 Å². The molecule has 0 fully saturated rings. The van der Waals surface area contributed by atoms with Crippen molar-refractivity contribution in [3.63, 3.8) is 0 Å². The van der Waals surface area contributed by atoms with Gasteiger partial charge in [-0.1, -0.05) is 43.4 Å². The van der Waals surface area contributed by atoms with Crippen molar-refractivity contribution in [1.29, 1.82) is 0 Å². The number of oxime groups is 1. The molecule has 0 atom stereocenters. The van der Waals surface area contributed by atoms with Crippen molar-refractivity contribution in [2.75, 3.05) is 13.2 Å². The molecule has 0 aromatic heterocycles. The molecule has 0 N–H and O–H groups in total. The smallest absolute Gasteiger partial charge is 0.291 e. The summed E-state index contributed by atoms with van der Waals surface area (Å²) in [6, 6.07) is 0. The summed E-state index contributed by atoms with van der Waals surface area (Å²) >= 11 is 5.50. The lowest BCUT2D eigenvalue weighted by Gasteiger charge is -2.14. The van der Waals surface area contributed by atoms with Gasteiger partial charge in [0.2, 0.25) is 0 Å². The minimum absolute atomic E-state index is 0.142. The Morgan fingerprint density at radius 2 is 1.65 bits per heavy atom. The highest BCUT2D eigenvalue weighted by Gasteiger charge is 2.28. The molecule has 102 valence electrons. The fourth-order valence-corrected chi connectivity index (χ4v) is 2.01. The minimum Gasteiger partial charge on any atom is -0.291 e. The van der Waals surface area contributed by atoms with Gasteiger partial charge < -0.3 is 0 Å². The van der Waals surface area contributed by atoms with Crippen LogP contribution in [-0.2, 0) is 18.2 Å². The highest BCUT2D eigenvalue weighted by molar-refractivity contribution is 7.48. The van der Waals surface area contributed by atoms with Crippen LogP contribution in [0.1, 0.15) is 46.5 Å². The molecule has 0 spiro atoms. The molecule has 0 unspecified atom stereocenters. The van der Waals surface area contributed by atoms with Crippen molar-refractivity contribution >= 4 is 24.6 Å². The summed E-state index contributed by atoms with van der Waals surface area (Å²) in [5.41, 5.74) is 0. The molecule has 0 rings (SSSR count). The lowest BCUT2D eigenvalue weighted by molar-refractivity contribution is 0.114. The molecule has 5 nitrogen and oxygen atoms in total. The third-order valence-corrected chi connectivity index (χ3v) is 3.11. The number of phosphoric acid groups is 1. The normalized spacial score (nSPS) is 12.8. The summed E-state index contributed by atoms with van der Waals surface area (Å²) in [6.07, 6.45) is 3.45. The van der Waals surface area contributed by atoms with Crippen LogP contribution in [0, 0.1) is 0 Å². The first kappa shape index (κ1) is 16.9. The largest absolute Gasteiger partial charge is 0.550 e. The third kappa shape index (κ3) is 9.60. The molecule has 0 aliphatic heterocycles. The fourth-order valence-electron chi connectivity index (χ4n) is 0.832. The fraction of sp³-hybridized carbons (Fsp3) is 0.900. The number of hydrogen-bond donors (Lipinski definition) is 0. The lowest BCUT2D eigenvalue weighted by Crippen LogP contribution is -2.01. The van der Waals surface area contributed by atoms with Crippen LogP contribution in [0.25, 0.3) is 0 Å². The van der Waals surface area contributed by atoms with E-state index in [9.17, 15) is 4.57 Å². The van der Waals surface area contributed by atoms with Crippen LogP contribution in [0.5, 0.6) is 0 Å². The van der Waals surface area contributed by atoms with Gasteiger partial charge in [-0.25, -0.2) is 4.57 Å². The predicted molar refractivity (Wildman–Crippen MR) is 69.4 cm³/mol. The quantitative estimate of drug-likeness (QED) is 0.260. The van der Waals surface area contributed by atoms with Gasteiger partial charge >= 0.3 is 7.82 Å². The van der Waals surface area contributed by atoms with Gasteiger partial charge in [0.15, 0.2) is 0 Å². The zero-order chi connectivity index (χ0) is 13.1. The van der Waals surface area contributed by atoms with E-state index in [2.05, 4.69) is 5.16 Å². The van der Waals surface area contributed by atoms with E-state index < -0.39 is 7.82 Å². The number of unbranched alkanes of at least 4 members (excludes halogenated alkanes) is 2. The number of nitrogens with zero attached hydrogens (tertiary/aromatic N) is 1. The molecule has 0 radical (unpaired) electrons. The number of hydrogen-bond acceptors (Lipinski definition) is 5. The molecule has 0 amide bonds. The predicted octanol–water partition coefficient (Wildman–Crippen LogP) is 4.32. The second-order valence-electron chi connectivity index (χ2n) is 3.49. The molecule has 0 heterocycles. The summed E-state index contributed by atoms with van der Waals surface area (Å²) in [5, 5.41) is 3.57. The summed E-state index contributed by atoms with van der Waals surface area (Å²) in [7, 11) is -3.60. The molecule has 0 aliphatic carbocycles. The highest BCUT2D eigenvalue weighted by Crippen LogP contribution is 2.50. The Hall–Kier alpha value is -0.0900. The lowest BCUT2D eigenvalue weighted by atomic mass is 10.4. The zero-order valence-corrected chi connectivity index (χ0v) is 12.3. The van der Waals surface area contributed by atoms with Crippen LogP contribution in [0.2, 0.25) is 0 Å². The Morgan fingerprint density at radius 1 is 1.18 bits per heavy atom. The van der Waals surface area contributed by atoms with E-state index in [-0.39, 0.29) is 5.17 Å². The molecule has 0 saturated carbocycles. The standard InChI is InChI=1S/C10H21ClNO4P/c1-4-6-8-14-17(13,15-9-7-5-2)16-12-10(3)11/h4-9H2,1-3H3. The van der Waals surface area contributed by atoms with Gasteiger partial charge in [0, 0.05) is 0 Å². The Kier molecular flexibility index (Phi) is 9.84. The van der Waals surface area contributed by atoms with Gasteiger partial charge in [-0.15, -0.1) is 0 Å². The van der Waals surface area contributed by atoms with Crippen molar-refractivity contribution in [2.45, 2.75) is 46.5 Å². The van der Waals surface area contributed by atoms with Gasteiger partial charge in [0.25, 0.3) is 0 Å². The van der Waals surface area contributed by atoms with Gasteiger partial charge in [0.1, 0.15) is 5.17 Å². The molecular formula is C10H21ClNO4P. The summed E-state index contributed by atoms with van der Waals surface area (Å²) < 4.78 is 27.0. The molecule has 17 heavy (non-hydrogen) atoms. The summed E-state index contributed by atoms with van der Waals surface area (Å²) in [4.78, 5) is 0. The number of halogens is 1. The maximum atomic E-state index is 12.0. The molecule has 0 saturated heterocycles. The van der Waals surface area contributed by atoms with Gasteiger partial charge in [0.05, 0.1) is 13.2 Å². The van der Waals surface area contributed by atoms with Gasteiger partial charge in [-0.2, -0.15) is 0 Å². The summed E-state index contributed by atoms with van der Waals surface area (Å²) in [5.74, 6) is 0. The summed E-state index contributed by atoms with van der Waals surface area (Å²) in [6.45, 7) is 6.17. The highest BCUT2D eigenvalue weighted by atomic mass is 35.5. The Balaban J connectivity index is 4.24. The molecule has 0 bridgehead atoms. The van der Waals surface area contributed by atoms with E-state index in [1.54, 1.807) is 0 Å². The first-order valence-electron chi connectivity index (χ1n) is 5.82. The molecule has 0 aromatic carbocycles. The van der Waals surface area contributed by atoms with Crippen LogP contribution >= 0.6 is 19.4 Å². The Labute approximate surface area is 108 Å². The van der Waals surface area contributed by atoms with Crippen LogP contribution in [0.4, 0.5) is 0 Å². The maximum Gasteiger partial charge on any atom is 0.550 e. The molecule has 7 heteroatoms. The van der Waals surface area contributed by atoms with E-state index in [1.165, 1.54) is 6.92 Å². The number of phosphoric ester groups is 1. The monoisotopic (exact) mass is 285 g/mol. The van der Waals surface area contributed by atoms with Crippen LogP contribution < -0.4 is 0 Å².